The van der Waals surface area contributed by atoms with Crippen LogP contribution >= 0.6 is 43.5 Å². The van der Waals surface area contributed by atoms with E-state index in [9.17, 15) is 0 Å². The molecule has 5 heteroatoms. The van der Waals surface area contributed by atoms with Gasteiger partial charge in [-0.2, -0.15) is 0 Å². The Hall–Kier alpha value is 0.200. The van der Waals surface area contributed by atoms with E-state index in [1.807, 2.05) is 13.0 Å². The molecule has 0 saturated heterocycles. The normalized spacial score (nSPS) is 12.6. The Kier molecular flexibility index (Phi) is 4.49. The lowest BCUT2D eigenvalue weighted by Gasteiger charge is -2.12. The van der Waals surface area contributed by atoms with E-state index in [0.717, 1.165) is 14.8 Å². The lowest BCUT2D eigenvalue weighted by atomic mass is 10.4. The van der Waals surface area contributed by atoms with E-state index in [2.05, 4.69) is 42.2 Å². The minimum absolute atomic E-state index is 0.214. The summed E-state index contributed by atoms with van der Waals surface area (Å²) >= 11 is 12.4. The van der Waals surface area contributed by atoms with Crippen LogP contribution in [0.1, 0.15) is 6.92 Å². The number of rotatable bonds is 3. The number of alkyl halides is 1. The number of nitrogens with zero attached hydrogens (tertiary/aromatic N) is 1. The first-order valence-corrected chi connectivity index (χ1v) is 5.89. The lowest BCUT2D eigenvalue weighted by molar-refractivity contribution is 0.895. The molecule has 0 bridgehead atoms. The quantitative estimate of drug-likeness (QED) is 0.857. The Bertz CT molecular complexity index is 293. The number of aromatic nitrogens is 1. The van der Waals surface area contributed by atoms with Crippen LogP contribution in [0.25, 0.3) is 0 Å². The zero-order valence-corrected chi connectivity index (χ0v) is 10.9. The number of pyridine rings is 1. The van der Waals surface area contributed by atoms with Gasteiger partial charge in [0.05, 0.1) is 4.47 Å². The summed E-state index contributed by atoms with van der Waals surface area (Å²) in [5, 5.41) is 3.18. The van der Waals surface area contributed by atoms with Gasteiger partial charge in [-0.25, -0.2) is 4.98 Å². The highest BCUT2D eigenvalue weighted by Crippen LogP contribution is 2.23. The van der Waals surface area contributed by atoms with Crippen LogP contribution in [-0.2, 0) is 0 Å². The van der Waals surface area contributed by atoms with Crippen molar-refractivity contribution in [3.8, 4) is 0 Å². The minimum Gasteiger partial charge on any atom is -0.365 e. The highest BCUT2D eigenvalue weighted by atomic mass is 79.9. The maximum atomic E-state index is 5.67. The summed E-state index contributed by atoms with van der Waals surface area (Å²) in [5.41, 5.74) is 0. The van der Waals surface area contributed by atoms with Crippen molar-refractivity contribution in [1.82, 2.24) is 4.98 Å². The van der Waals surface area contributed by atoms with Crippen LogP contribution in [0.4, 0.5) is 5.82 Å². The largest absolute Gasteiger partial charge is 0.365 e. The van der Waals surface area contributed by atoms with Gasteiger partial charge in [0, 0.05) is 22.6 Å². The zero-order chi connectivity index (χ0) is 9.84. The van der Waals surface area contributed by atoms with E-state index in [1.54, 1.807) is 6.20 Å². The molecule has 0 fully saturated rings. The van der Waals surface area contributed by atoms with Gasteiger partial charge < -0.3 is 5.32 Å². The molecule has 1 N–H and O–H groups in total. The molecule has 2 nitrogen and oxygen atoms in total. The van der Waals surface area contributed by atoms with E-state index < -0.39 is 0 Å². The molecule has 0 aliphatic rings. The summed E-state index contributed by atoms with van der Waals surface area (Å²) in [7, 11) is 0. The van der Waals surface area contributed by atoms with Crippen LogP contribution in [-0.4, -0.2) is 16.9 Å². The minimum atomic E-state index is 0.214. The van der Waals surface area contributed by atoms with E-state index in [1.165, 1.54) is 0 Å². The fourth-order valence-corrected chi connectivity index (χ4v) is 1.97. The molecule has 1 atom stereocenters. The van der Waals surface area contributed by atoms with Crippen molar-refractivity contribution in [2.75, 3.05) is 11.2 Å². The second kappa shape index (κ2) is 5.17. The van der Waals surface area contributed by atoms with Gasteiger partial charge in [-0.1, -0.05) is 0 Å². The predicted octanol–water partition coefficient (Wildman–Crippen LogP) is 3.65. The maximum absolute atomic E-state index is 5.67. The van der Waals surface area contributed by atoms with Crippen LogP contribution in [0.3, 0.4) is 0 Å². The van der Waals surface area contributed by atoms with Crippen molar-refractivity contribution in [3.63, 3.8) is 0 Å². The average molecular weight is 328 g/mol. The van der Waals surface area contributed by atoms with E-state index >= 15 is 0 Å². The zero-order valence-electron chi connectivity index (χ0n) is 7.02. The molecule has 0 aliphatic carbocycles. The van der Waals surface area contributed by atoms with Crippen molar-refractivity contribution in [2.45, 2.75) is 13.0 Å². The molecule has 0 aromatic carbocycles. The summed E-state index contributed by atoms with van der Waals surface area (Å²) in [5.74, 6) is 1.38. The third-order valence-electron chi connectivity index (χ3n) is 1.42. The van der Waals surface area contributed by atoms with Gasteiger partial charge in [0.25, 0.3) is 0 Å². The molecule has 72 valence electrons. The van der Waals surface area contributed by atoms with Crippen LogP contribution in [0.5, 0.6) is 0 Å². The molecule has 0 saturated carbocycles. The average Bonchev–Trinajstić information content (AvgIpc) is 2.09. The highest BCUT2D eigenvalue weighted by Gasteiger charge is 2.05. The molecule has 1 aromatic rings. The van der Waals surface area contributed by atoms with Gasteiger partial charge in [-0.05, 0) is 44.8 Å². The molecule has 0 spiro atoms. The molecule has 13 heavy (non-hydrogen) atoms. The van der Waals surface area contributed by atoms with Crippen LogP contribution in [0.15, 0.2) is 21.2 Å². The van der Waals surface area contributed by atoms with Gasteiger partial charge in [0.1, 0.15) is 5.82 Å². The summed E-state index contributed by atoms with van der Waals surface area (Å²) in [6, 6.07) is 2.16. The molecule has 0 amide bonds. The molecule has 0 aliphatic heterocycles. The van der Waals surface area contributed by atoms with E-state index in [0.29, 0.717) is 5.88 Å². The Balaban J connectivity index is 2.77. The third kappa shape index (κ3) is 3.44. The number of hydrogen-bond acceptors (Lipinski definition) is 2. The van der Waals surface area contributed by atoms with Crippen LogP contribution in [0.2, 0.25) is 0 Å². The lowest BCUT2D eigenvalue weighted by Crippen LogP contribution is -2.17. The molecular weight excluding hydrogens is 319 g/mol. The predicted molar refractivity (Wildman–Crippen MR) is 63.4 cm³/mol. The van der Waals surface area contributed by atoms with E-state index in [-0.39, 0.29) is 6.04 Å². The molecule has 1 unspecified atom stereocenters. The van der Waals surface area contributed by atoms with Crippen molar-refractivity contribution in [3.05, 3.63) is 21.2 Å². The van der Waals surface area contributed by atoms with Crippen molar-refractivity contribution in [1.29, 1.82) is 0 Å². The fourth-order valence-electron chi connectivity index (χ4n) is 0.793. The summed E-state index contributed by atoms with van der Waals surface area (Å²) < 4.78 is 1.88. The molecule has 1 heterocycles. The van der Waals surface area contributed by atoms with Gasteiger partial charge >= 0.3 is 0 Å². The number of anilines is 1. The fraction of sp³-hybridized carbons (Fsp3) is 0.375. The van der Waals surface area contributed by atoms with Gasteiger partial charge in [-0.3, -0.25) is 0 Å². The molecule has 0 radical (unpaired) electrons. The maximum Gasteiger partial charge on any atom is 0.140 e. The molecule has 1 aromatic heterocycles. The summed E-state index contributed by atoms with van der Waals surface area (Å²) in [4.78, 5) is 4.20. The Morgan fingerprint density at radius 2 is 2.31 bits per heavy atom. The molecule has 1 rings (SSSR count). The second-order valence-electron chi connectivity index (χ2n) is 2.68. The van der Waals surface area contributed by atoms with E-state index in [4.69, 9.17) is 11.6 Å². The Morgan fingerprint density at radius 3 is 2.85 bits per heavy atom. The summed E-state index contributed by atoms with van der Waals surface area (Å²) in [6.45, 7) is 2.00. The van der Waals surface area contributed by atoms with Crippen molar-refractivity contribution >= 4 is 49.3 Å². The monoisotopic (exact) mass is 326 g/mol. The van der Waals surface area contributed by atoms with Crippen molar-refractivity contribution < 1.29 is 0 Å². The van der Waals surface area contributed by atoms with Crippen LogP contribution < -0.4 is 5.32 Å². The van der Waals surface area contributed by atoms with Gasteiger partial charge in [0.2, 0.25) is 0 Å². The molecular formula is C8H9Br2ClN2. The van der Waals surface area contributed by atoms with Gasteiger partial charge in [-0.15, -0.1) is 11.6 Å². The second-order valence-corrected chi connectivity index (χ2v) is 4.76. The standard InChI is InChI=1S/C8H9Br2ClN2/c1-5(3-11)13-8-7(10)2-6(9)4-12-8/h2,4-5H,3H2,1H3,(H,12,13). The highest BCUT2D eigenvalue weighted by molar-refractivity contribution is 9.11. The van der Waals surface area contributed by atoms with Gasteiger partial charge in [0.15, 0.2) is 0 Å². The Labute approximate surface area is 99.3 Å². The first-order chi connectivity index (χ1) is 6.13. The number of halogens is 3. The van der Waals surface area contributed by atoms with Crippen molar-refractivity contribution in [2.24, 2.45) is 0 Å². The number of hydrogen-bond donors (Lipinski definition) is 1. The smallest absolute Gasteiger partial charge is 0.140 e. The van der Waals surface area contributed by atoms with Crippen LogP contribution in [0, 0.1) is 0 Å². The first-order valence-electron chi connectivity index (χ1n) is 3.77. The first kappa shape index (κ1) is 11.3. The SMILES string of the molecule is CC(CCl)Nc1ncc(Br)cc1Br. The third-order valence-corrected chi connectivity index (χ3v) is 2.92. The summed E-state index contributed by atoms with van der Waals surface area (Å²) in [6.07, 6.45) is 1.74. The Morgan fingerprint density at radius 1 is 1.62 bits per heavy atom. The number of nitrogens with one attached hydrogen (secondary N) is 1. The topological polar surface area (TPSA) is 24.9 Å².